The first kappa shape index (κ1) is 27.6. The number of ether oxygens (including phenoxy) is 1. The van der Waals surface area contributed by atoms with Crippen molar-refractivity contribution in [1.82, 2.24) is 19.4 Å². The van der Waals surface area contributed by atoms with Crippen molar-refractivity contribution < 1.29 is 9.53 Å². The molecule has 1 aliphatic rings. The van der Waals surface area contributed by atoms with Crippen LogP contribution >= 0.6 is 0 Å². The molecule has 3 aromatic heterocycles. The lowest BCUT2D eigenvalue weighted by Gasteiger charge is -2.28. The highest BCUT2D eigenvalue weighted by Gasteiger charge is 2.17. The number of benzene rings is 1. The Morgan fingerprint density at radius 2 is 1.87 bits per heavy atom. The van der Waals surface area contributed by atoms with Gasteiger partial charge in [-0.05, 0) is 76.2 Å². The molecule has 0 spiro atoms. The van der Waals surface area contributed by atoms with Crippen molar-refractivity contribution in [3.8, 4) is 11.3 Å². The second-order valence-corrected chi connectivity index (χ2v) is 9.68. The van der Waals surface area contributed by atoms with Gasteiger partial charge in [-0.15, -0.1) is 0 Å². The van der Waals surface area contributed by atoms with Crippen LogP contribution in [0.5, 0.6) is 0 Å². The fourth-order valence-electron chi connectivity index (χ4n) is 5.26. The zero-order valence-electron chi connectivity index (χ0n) is 23.5. The number of aromatic nitrogens is 3. The number of carbonyl (C=O) groups excluding carboxylic acids is 1. The summed E-state index contributed by atoms with van der Waals surface area (Å²) < 4.78 is 7.11. The summed E-state index contributed by atoms with van der Waals surface area (Å²) in [6.07, 6.45) is 8.86. The van der Waals surface area contributed by atoms with Crippen LogP contribution in [0.25, 0.3) is 33.1 Å². The number of carbonyl (C=O) groups is 1. The molecule has 4 aromatic rings. The van der Waals surface area contributed by atoms with E-state index in [1.807, 2.05) is 56.8 Å². The van der Waals surface area contributed by atoms with Crippen LogP contribution in [0.3, 0.4) is 0 Å². The summed E-state index contributed by atoms with van der Waals surface area (Å²) in [4.78, 5) is 26.6. The van der Waals surface area contributed by atoms with E-state index < -0.39 is 0 Å². The largest absolute Gasteiger partial charge is 0.461 e. The number of esters is 1. The zero-order chi connectivity index (χ0) is 27.1. The topological polar surface area (TPSA) is 63.5 Å². The van der Waals surface area contributed by atoms with Crippen molar-refractivity contribution in [2.45, 2.75) is 46.5 Å². The first-order valence-electron chi connectivity index (χ1n) is 14.0. The van der Waals surface area contributed by atoms with Crippen LogP contribution in [0, 0.1) is 0 Å². The normalized spacial score (nSPS) is 13.8. The molecule has 0 amide bonds. The molecule has 4 heterocycles. The number of nitrogens with zero attached hydrogens (tertiary/aromatic N) is 5. The van der Waals surface area contributed by atoms with Gasteiger partial charge in [0.1, 0.15) is 5.69 Å². The van der Waals surface area contributed by atoms with Crippen molar-refractivity contribution >= 4 is 33.5 Å². The maximum Gasteiger partial charge on any atom is 0.354 e. The van der Waals surface area contributed by atoms with Crippen molar-refractivity contribution in [2.24, 2.45) is 7.05 Å². The summed E-state index contributed by atoms with van der Waals surface area (Å²) in [7, 11) is 4.06. The van der Waals surface area contributed by atoms with Crippen LogP contribution in [0.2, 0.25) is 0 Å². The summed E-state index contributed by atoms with van der Waals surface area (Å²) >= 11 is 0. The van der Waals surface area contributed by atoms with Crippen LogP contribution in [-0.4, -0.2) is 65.2 Å². The number of rotatable bonds is 8. The van der Waals surface area contributed by atoms with Crippen molar-refractivity contribution in [3.63, 3.8) is 0 Å². The predicted molar refractivity (Wildman–Crippen MR) is 157 cm³/mol. The first-order valence-corrected chi connectivity index (χ1v) is 14.0. The van der Waals surface area contributed by atoms with E-state index in [4.69, 9.17) is 9.72 Å². The molecule has 7 heteroatoms. The van der Waals surface area contributed by atoms with Gasteiger partial charge in [0.15, 0.2) is 0 Å². The second kappa shape index (κ2) is 12.9. The highest BCUT2D eigenvalue weighted by Crippen LogP contribution is 2.32. The van der Waals surface area contributed by atoms with E-state index in [1.165, 1.54) is 32.4 Å². The lowest BCUT2D eigenvalue weighted by atomic mass is 10.1. The van der Waals surface area contributed by atoms with Crippen molar-refractivity contribution in [3.05, 3.63) is 54.5 Å². The molecule has 0 aliphatic carbocycles. The van der Waals surface area contributed by atoms with Crippen LogP contribution in [0.4, 0.5) is 5.69 Å². The second-order valence-electron chi connectivity index (χ2n) is 9.68. The fraction of sp³-hybridized carbons (Fsp3) is 0.452. The lowest BCUT2D eigenvalue weighted by molar-refractivity contribution is 0.0516. The van der Waals surface area contributed by atoms with E-state index in [0.717, 1.165) is 58.3 Å². The van der Waals surface area contributed by atoms with E-state index in [2.05, 4.69) is 40.0 Å². The molecule has 0 bridgehead atoms. The van der Waals surface area contributed by atoms with Gasteiger partial charge in [0.25, 0.3) is 0 Å². The third-order valence-electron chi connectivity index (χ3n) is 7.24. The van der Waals surface area contributed by atoms with Crippen LogP contribution in [0.1, 0.15) is 56.9 Å². The van der Waals surface area contributed by atoms with E-state index >= 15 is 0 Å². The summed E-state index contributed by atoms with van der Waals surface area (Å²) in [6, 6.07) is 12.3. The van der Waals surface area contributed by atoms with Crippen LogP contribution in [0.15, 0.2) is 48.8 Å². The third-order valence-corrected chi connectivity index (χ3v) is 7.24. The van der Waals surface area contributed by atoms with E-state index in [0.29, 0.717) is 12.3 Å². The Hall–Kier alpha value is -3.45. The van der Waals surface area contributed by atoms with Gasteiger partial charge in [0.05, 0.1) is 17.8 Å². The molecule has 38 heavy (non-hydrogen) atoms. The number of aryl methyl sites for hydroxylation is 1. The molecule has 0 saturated carbocycles. The Labute approximate surface area is 226 Å². The van der Waals surface area contributed by atoms with Gasteiger partial charge in [-0.2, -0.15) is 0 Å². The highest BCUT2D eigenvalue weighted by atomic mass is 16.5. The number of pyridine rings is 2. The Morgan fingerprint density at radius 1 is 1.08 bits per heavy atom. The van der Waals surface area contributed by atoms with Crippen LogP contribution in [-0.2, 0) is 11.8 Å². The lowest BCUT2D eigenvalue weighted by Crippen LogP contribution is -2.32. The molecule has 1 aliphatic heterocycles. The van der Waals surface area contributed by atoms with Gasteiger partial charge in [-0.3, -0.25) is 4.98 Å². The molecule has 7 nitrogen and oxygen atoms in total. The molecule has 202 valence electrons. The Bertz CT molecular complexity index is 1370. The molecule has 1 saturated heterocycles. The van der Waals surface area contributed by atoms with Gasteiger partial charge in [-0.1, -0.05) is 26.3 Å². The van der Waals surface area contributed by atoms with Gasteiger partial charge in [0.2, 0.25) is 0 Å². The third kappa shape index (κ3) is 5.99. The van der Waals surface area contributed by atoms with Gasteiger partial charge < -0.3 is 19.1 Å². The number of piperidine rings is 1. The average Bonchev–Trinajstić information content (AvgIpc) is 3.30. The van der Waals surface area contributed by atoms with E-state index in [9.17, 15) is 4.79 Å². The van der Waals surface area contributed by atoms with Gasteiger partial charge in [-0.25, -0.2) is 9.78 Å². The number of anilines is 1. The number of fused-ring (bicyclic) bond motifs is 2. The molecular weight excluding hydrogens is 474 g/mol. The van der Waals surface area contributed by atoms with E-state index in [-0.39, 0.29) is 5.97 Å². The Balaban J connectivity index is 0.00000164. The quantitative estimate of drug-likeness (QED) is 0.257. The minimum absolute atomic E-state index is 0.303. The van der Waals surface area contributed by atoms with Crippen molar-refractivity contribution in [1.29, 1.82) is 0 Å². The minimum Gasteiger partial charge on any atom is -0.461 e. The van der Waals surface area contributed by atoms with Crippen LogP contribution < -0.4 is 4.90 Å². The average molecular weight is 516 g/mol. The standard InChI is InChI=1S/C29H35N5O2.C2H6/c1-4-36-29(35)28-18-22-17-21(9-10-26(22)33(28)3)25-19-27(23-20-30-12-11-24(23)31-25)32(2)13-8-16-34-14-6-5-7-15-34;1-2/h9-12,17-20H,4-8,13-16H2,1-3H3;1-2H3. The molecule has 0 atom stereocenters. The molecule has 0 unspecified atom stereocenters. The number of likely N-dealkylation sites (tertiary alicyclic amines) is 1. The molecular formula is C31H41N5O2. The van der Waals surface area contributed by atoms with E-state index in [1.54, 1.807) is 6.20 Å². The highest BCUT2D eigenvalue weighted by molar-refractivity contribution is 5.98. The number of hydrogen-bond acceptors (Lipinski definition) is 6. The first-order chi connectivity index (χ1) is 18.5. The zero-order valence-corrected chi connectivity index (χ0v) is 23.5. The summed E-state index contributed by atoms with van der Waals surface area (Å²) in [5.74, 6) is -0.303. The molecule has 0 radical (unpaired) electrons. The molecule has 1 fully saturated rings. The van der Waals surface area contributed by atoms with Gasteiger partial charge in [0, 0.05) is 60.6 Å². The maximum absolute atomic E-state index is 12.4. The Morgan fingerprint density at radius 3 is 2.63 bits per heavy atom. The number of hydrogen-bond donors (Lipinski definition) is 0. The Kier molecular flexibility index (Phi) is 9.34. The predicted octanol–water partition coefficient (Wildman–Crippen LogP) is 6.30. The van der Waals surface area contributed by atoms with Crippen molar-refractivity contribution in [2.75, 3.05) is 44.7 Å². The minimum atomic E-state index is -0.303. The smallest absolute Gasteiger partial charge is 0.354 e. The maximum atomic E-state index is 12.4. The molecule has 1 aromatic carbocycles. The summed E-state index contributed by atoms with van der Waals surface area (Å²) in [5.41, 5.74) is 5.54. The fourth-order valence-corrected chi connectivity index (χ4v) is 5.26. The summed E-state index contributed by atoms with van der Waals surface area (Å²) in [5, 5.41) is 2.05. The molecule has 5 rings (SSSR count). The summed E-state index contributed by atoms with van der Waals surface area (Å²) in [6.45, 7) is 10.8. The molecule has 0 N–H and O–H groups in total. The monoisotopic (exact) mass is 515 g/mol. The SMILES string of the molecule is CC.CCOC(=O)c1cc2cc(-c3cc(N(C)CCCN4CCCCC4)c4cnccc4n3)ccc2n1C. The van der Waals surface area contributed by atoms with Gasteiger partial charge >= 0.3 is 5.97 Å².